The molecule has 2 N–H and O–H groups in total. The number of hydrogen-bond donors (Lipinski definition) is 1. The fourth-order valence-corrected chi connectivity index (χ4v) is 1.54. The van der Waals surface area contributed by atoms with Gasteiger partial charge >= 0.3 is 0 Å². The molecule has 0 aromatic heterocycles. The highest BCUT2D eigenvalue weighted by Crippen LogP contribution is 2.25. The summed E-state index contributed by atoms with van der Waals surface area (Å²) in [6.07, 6.45) is 1.83. The maximum atomic E-state index is 5.94. The zero-order valence-corrected chi connectivity index (χ0v) is 10.3. The van der Waals surface area contributed by atoms with E-state index in [4.69, 9.17) is 22.1 Å². The first-order valence-electron chi connectivity index (χ1n) is 5.04. The van der Waals surface area contributed by atoms with Crippen molar-refractivity contribution >= 4 is 11.6 Å². The molecule has 0 amide bonds. The van der Waals surface area contributed by atoms with Crippen LogP contribution in [0.5, 0.6) is 5.75 Å². The summed E-state index contributed by atoms with van der Waals surface area (Å²) >= 11 is 5.88. The average Bonchev–Trinajstić information content (AvgIpc) is 2.14. The topological polar surface area (TPSA) is 35.2 Å². The molecule has 3 heteroatoms. The molecule has 1 rings (SSSR count). The van der Waals surface area contributed by atoms with Crippen LogP contribution in [-0.4, -0.2) is 12.6 Å². The Bertz CT molecular complexity index is 331. The van der Waals surface area contributed by atoms with Crippen molar-refractivity contribution in [3.8, 4) is 5.75 Å². The van der Waals surface area contributed by atoms with Gasteiger partial charge < -0.3 is 10.5 Å². The van der Waals surface area contributed by atoms with Crippen molar-refractivity contribution in [3.63, 3.8) is 0 Å². The van der Waals surface area contributed by atoms with Gasteiger partial charge in [0.25, 0.3) is 0 Å². The molecule has 15 heavy (non-hydrogen) atoms. The highest BCUT2D eigenvalue weighted by molar-refractivity contribution is 6.30. The van der Waals surface area contributed by atoms with Gasteiger partial charge in [0, 0.05) is 10.6 Å². The minimum atomic E-state index is -0.148. The van der Waals surface area contributed by atoms with Gasteiger partial charge in [0.1, 0.15) is 5.75 Å². The molecular formula is C12H18ClNO. The zero-order valence-electron chi connectivity index (χ0n) is 9.51. The number of ether oxygens (including phenoxy) is 1. The lowest BCUT2D eigenvalue weighted by atomic mass is 9.96. The van der Waals surface area contributed by atoms with E-state index in [0.29, 0.717) is 5.02 Å². The Morgan fingerprint density at radius 3 is 2.60 bits per heavy atom. The Labute approximate surface area is 96.4 Å². The molecule has 0 saturated heterocycles. The van der Waals surface area contributed by atoms with E-state index in [0.717, 1.165) is 24.2 Å². The van der Waals surface area contributed by atoms with Gasteiger partial charge in [0.2, 0.25) is 0 Å². The third-order valence-corrected chi connectivity index (χ3v) is 2.52. The molecule has 0 bridgehead atoms. The Morgan fingerprint density at radius 2 is 2.07 bits per heavy atom. The van der Waals surface area contributed by atoms with Crippen molar-refractivity contribution in [2.45, 2.75) is 32.2 Å². The summed E-state index contributed by atoms with van der Waals surface area (Å²) in [5.41, 5.74) is 6.94. The lowest BCUT2D eigenvalue weighted by Crippen LogP contribution is -2.32. The second-order valence-electron chi connectivity index (χ2n) is 4.44. The van der Waals surface area contributed by atoms with E-state index in [1.165, 1.54) is 0 Å². The summed E-state index contributed by atoms with van der Waals surface area (Å²) in [7, 11) is 1.66. The van der Waals surface area contributed by atoms with Crippen LogP contribution < -0.4 is 10.5 Å². The van der Waals surface area contributed by atoms with Gasteiger partial charge in [-0.25, -0.2) is 0 Å². The molecule has 0 fully saturated rings. The van der Waals surface area contributed by atoms with Crippen molar-refractivity contribution in [1.29, 1.82) is 0 Å². The minimum Gasteiger partial charge on any atom is -0.496 e. The Balaban J connectivity index is 2.76. The van der Waals surface area contributed by atoms with Crippen LogP contribution in [0.15, 0.2) is 18.2 Å². The second kappa shape index (κ2) is 4.86. The van der Waals surface area contributed by atoms with Gasteiger partial charge in [-0.3, -0.25) is 0 Å². The average molecular weight is 228 g/mol. The summed E-state index contributed by atoms with van der Waals surface area (Å²) in [6, 6.07) is 5.70. The number of nitrogens with two attached hydrogens (primary N) is 1. The third kappa shape index (κ3) is 4.10. The molecule has 0 aliphatic rings. The highest BCUT2D eigenvalue weighted by atomic mass is 35.5. The summed E-state index contributed by atoms with van der Waals surface area (Å²) < 4.78 is 5.27. The normalized spacial score (nSPS) is 11.5. The molecule has 84 valence electrons. The number of benzene rings is 1. The largest absolute Gasteiger partial charge is 0.496 e. The van der Waals surface area contributed by atoms with Gasteiger partial charge in [-0.05, 0) is 44.4 Å². The number of hydrogen-bond acceptors (Lipinski definition) is 2. The fraction of sp³-hybridized carbons (Fsp3) is 0.500. The van der Waals surface area contributed by atoms with Crippen LogP contribution in [0.3, 0.4) is 0 Å². The van der Waals surface area contributed by atoms with Gasteiger partial charge in [-0.2, -0.15) is 0 Å². The molecule has 0 radical (unpaired) electrons. The first-order valence-corrected chi connectivity index (χ1v) is 5.41. The summed E-state index contributed by atoms with van der Waals surface area (Å²) in [5.74, 6) is 0.840. The molecule has 0 aliphatic carbocycles. The third-order valence-electron chi connectivity index (χ3n) is 2.29. The molecule has 0 spiro atoms. The van der Waals surface area contributed by atoms with E-state index >= 15 is 0 Å². The first-order chi connectivity index (χ1) is 6.92. The van der Waals surface area contributed by atoms with Crippen molar-refractivity contribution in [1.82, 2.24) is 0 Å². The van der Waals surface area contributed by atoms with Crippen LogP contribution in [0.25, 0.3) is 0 Å². The molecule has 0 unspecified atom stereocenters. The van der Waals surface area contributed by atoms with E-state index in [1.54, 1.807) is 7.11 Å². The zero-order chi connectivity index (χ0) is 11.5. The van der Waals surface area contributed by atoms with Crippen molar-refractivity contribution in [3.05, 3.63) is 28.8 Å². The predicted octanol–water partition coefficient (Wildman–Crippen LogP) is 3.02. The van der Waals surface area contributed by atoms with Crippen molar-refractivity contribution in [2.24, 2.45) is 5.73 Å². The second-order valence-corrected chi connectivity index (χ2v) is 4.88. The Hall–Kier alpha value is -0.730. The summed E-state index contributed by atoms with van der Waals surface area (Å²) in [5, 5.41) is 0.697. The van der Waals surface area contributed by atoms with Crippen LogP contribution in [0.1, 0.15) is 25.8 Å². The smallest absolute Gasteiger partial charge is 0.123 e. The number of methoxy groups -OCH3 is 1. The van der Waals surface area contributed by atoms with Crippen LogP contribution in [-0.2, 0) is 6.42 Å². The lowest BCUT2D eigenvalue weighted by Gasteiger charge is -2.19. The quantitative estimate of drug-likeness (QED) is 0.858. The number of rotatable bonds is 4. The van der Waals surface area contributed by atoms with E-state index in [2.05, 4.69) is 0 Å². The van der Waals surface area contributed by atoms with E-state index < -0.39 is 0 Å². The minimum absolute atomic E-state index is 0.148. The standard InChI is InChI=1S/C12H18ClNO/c1-12(2,14)7-6-9-4-5-10(13)8-11(9)15-3/h4-5,8H,6-7,14H2,1-3H3. The van der Waals surface area contributed by atoms with Crippen molar-refractivity contribution in [2.75, 3.05) is 7.11 Å². The number of halogens is 1. The van der Waals surface area contributed by atoms with Crippen LogP contribution in [0.4, 0.5) is 0 Å². The van der Waals surface area contributed by atoms with Gasteiger partial charge in [-0.15, -0.1) is 0 Å². The maximum absolute atomic E-state index is 5.94. The fourth-order valence-electron chi connectivity index (χ4n) is 1.38. The van der Waals surface area contributed by atoms with Crippen LogP contribution in [0.2, 0.25) is 5.02 Å². The molecule has 1 aromatic carbocycles. The first kappa shape index (κ1) is 12.3. The number of aryl methyl sites for hydroxylation is 1. The maximum Gasteiger partial charge on any atom is 0.123 e. The van der Waals surface area contributed by atoms with E-state index in [1.807, 2.05) is 32.0 Å². The molecule has 0 saturated carbocycles. The summed E-state index contributed by atoms with van der Waals surface area (Å²) in [6.45, 7) is 4.05. The monoisotopic (exact) mass is 227 g/mol. The molecule has 2 nitrogen and oxygen atoms in total. The van der Waals surface area contributed by atoms with Crippen LogP contribution >= 0.6 is 11.6 Å². The van der Waals surface area contributed by atoms with E-state index in [9.17, 15) is 0 Å². The summed E-state index contributed by atoms with van der Waals surface area (Å²) in [4.78, 5) is 0. The predicted molar refractivity (Wildman–Crippen MR) is 64.6 cm³/mol. The molecule has 1 aromatic rings. The molecule has 0 atom stereocenters. The highest BCUT2D eigenvalue weighted by Gasteiger charge is 2.12. The van der Waals surface area contributed by atoms with Crippen molar-refractivity contribution < 1.29 is 4.74 Å². The molecular weight excluding hydrogens is 210 g/mol. The SMILES string of the molecule is COc1cc(Cl)ccc1CCC(C)(C)N. The molecule has 0 aliphatic heterocycles. The lowest BCUT2D eigenvalue weighted by molar-refractivity contribution is 0.404. The van der Waals surface area contributed by atoms with E-state index in [-0.39, 0.29) is 5.54 Å². The Morgan fingerprint density at radius 1 is 1.40 bits per heavy atom. The Kier molecular flexibility index (Phi) is 4.00. The van der Waals surface area contributed by atoms with Gasteiger partial charge in [0.15, 0.2) is 0 Å². The van der Waals surface area contributed by atoms with Crippen LogP contribution in [0, 0.1) is 0 Å². The van der Waals surface area contributed by atoms with Gasteiger partial charge in [0.05, 0.1) is 7.11 Å². The van der Waals surface area contributed by atoms with Gasteiger partial charge in [-0.1, -0.05) is 17.7 Å². The molecule has 0 heterocycles.